The van der Waals surface area contributed by atoms with Gasteiger partial charge >= 0.3 is 0 Å². The minimum Gasteiger partial charge on any atom is -0.358 e. The van der Waals surface area contributed by atoms with E-state index in [0.29, 0.717) is 6.42 Å². The average molecular weight is 296 g/mol. The van der Waals surface area contributed by atoms with Crippen LogP contribution in [0.15, 0.2) is 12.1 Å². The van der Waals surface area contributed by atoms with Crippen molar-refractivity contribution >= 4 is 15.9 Å². The van der Waals surface area contributed by atoms with Crippen LogP contribution in [0.3, 0.4) is 0 Å². The van der Waals surface area contributed by atoms with Gasteiger partial charge in [0.1, 0.15) is 6.04 Å². The highest BCUT2D eigenvalue weighted by atomic mass is 32.2. The molecule has 20 heavy (non-hydrogen) atoms. The van der Waals surface area contributed by atoms with Crippen LogP contribution < -0.4 is 5.32 Å². The van der Waals surface area contributed by atoms with Gasteiger partial charge in [0.15, 0.2) is 0 Å². The summed E-state index contributed by atoms with van der Waals surface area (Å²) in [4.78, 5) is 12.0. The number of nitrogens with one attached hydrogen (secondary N) is 1. The van der Waals surface area contributed by atoms with Gasteiger partial charge in [-0.1, -0.05) is 12.1 Å². The van der Waals surface area contributed by atoms with E-state index in [-0.39, 0.29) is 12.5 Å². The molecule has 0 fully saturated rings. The molecule has 1 amide bonds. The second-order valence-electron chi connectivity index (χ2n) is 5.35. The minimum atomic E-state index is -3.42. The first-order valence-corrected chi connectivity index (χ1v) is 8.36. The number of rotatable bonds is 2. The predicted molar refractivity (Wildman–Crippen MR) is 77.9 cm³/mol. The largest absolute Gasteiger partial charge is 0.358 e. The van der Waals surface area contributed by atoms with Gasteiger partial charge in [0.25, 0.3) is 0 Å². The standard InChI is InChI=1S/C14H20N2O3S/c1-9-5-11-7-13(14(17)15-3)16(20(4,18)19)8-12(11)6-10(9)2/h5-6,13H,7-8H2,1-4H3,(H,15,17). The van der Waals surface area contributed by atoms with Crippen molar-refractivity contribution in [3.05, 3.63) is 34.4 Å². The van der Waals surface area contributed by atoms with Crippen LogP contribution in [0.5, 0.6) is 0 Å². The third-order valence-electron chi connectivity index (χ3n) is 3.88. The summed E-state index contributed by atoms with van der Waals surface area (Å²) in [5.41, 5.74) is 4.34. The topological polar surface area (TPSA) is 66.5 Å². The highest BCUT2D eigenvalue weighted by Gasteiger charge is 2.36. The molecular weight excluding hydrogens is 276 g/mol. The van der Waals surface area contributed by atoms with Gasteiger partial charge in [0.05, 0.1) is 6.26 Å². The van der Waals surface area contributed by atoms with Crippen molar-refractivity contribution in [2.24, 2.45) is 0 Å². The highest BCUT2D eigenvalue weighted by molar-refractivity contribution is 7.88. The van der Waals surface area contributed by atoms with E-state index < -0.39 is 16.1 Å². The zero-order valence-electron chi connectivity index (χ0n) is 12.2. The Morgan fingerprint density at radius 3 is 2.30 bits per heavy atom. The molecule has 6 heteroatoms. The molecule has 0 aliphatic carbocycles. The number of sulfonamides is 1. The molecule has 0 spiro atoms. The van der Waals surface area contributed by atoms with E-state index in [4.69, 9.17) is 0 Å². The molecule has 0 radical (unpaired) electrons. The fourth-order valence-corrected chi connectivity index (χ4v) is 3.61. The Kier molecular flexibility index (Phi) is 3.88. The molecule has 110 valence electrons. The molecule has 2 rings (SSSR count). The van der Waals surface area contributed by atoms with Gasteiger partial charge in [0.2, 0.25) is 15.9 Å². The van der Waals surface area contributed by atoms with Gasteiger partial charge in [-0.15, -0.1) is 0 Å². The normalized spacial score (nSPS) is 19.5. The molecule has 0 bridgehead atoms. The van der Waals surface area contributed by atoms with E-state index in [1.165, 1.54) is 11.4 Å². The van der Waals surface area contributed by atoms with Crippen LogP contribution in [-0.2, 0) is 27.8 Å². The number of carbonyl (C=O) groups is 1. The Hall–Kier alpha value is -1.40. The second kappa shape index (κ2) is 5.18. The van der Waals surface area contributed by atoms with Crippen LogP contribution in [0.2, 0.25) is 0 Å². The molecular formula is C14H20N2O3S. The molecule has 1 atom stereocenters. The molecule has 0 aromatic heterocycles. The fraction of sp³-hybridized carbons (Fsp3) is 0.500. The number of fused-ring (bicyclic) bond motifs is 1. The third kappa shape index (κ3) is 2.71. The van der Waals surface area contributed by atoms with E-state index in [1.807, 2.05) is 19.9 Å². The van der Waals surface area contributed by atoms with E-state index in [1.54, 1.807) is 0 Å². The maximum absolute atomic E-state index is 12.0. The van der Waals surface area contributed by atoms with Crippen LogP contribution in [-0.4, -0.2) is 38.0 Å². The Morgan fingerprint density at radius 1 is 1.25 bits per heavy atom. The lowest BCUT2D eigenvalue weighted by atomic mass is 9.91. The minimum absolute atomic E-state index is 0.257. The first kappa shape index (κ1) is 15.0. The quantitative estimate of drug-likeness (QED) is 0.875. The van der Waals surface area contributed by atoms with E-state index >= 15 is 0 Å². The van der Waals surface area contributed by atoms with Gasteiger partial charge in [-0.05, 0) is 42.5 Å². The second-order valence-corrected chi connectivity index (χ2v) is 7.28. The maximum atomic E-state index is 12.0. The lowest BCUT2D eigenvalue weighted by Gasteiger charge is -2.34. The number of likely N-dealkylation sites (N-methyl/N-ethyl adjacent to an activating group) is 1. The van der Waals surface area contributed by atoms with Crippen molar-refractivity contribution in [3.63, 3.8) is 0 Å². The lowest BCUT2D eigenvalue weighted by Crippen LogP contribution is -2.51. The van der Waals surface area contributed by atoms with E-state index in [0.717, 1.165) is 28.5 Å². The summed E-state index contributed by atoms with van der Waals surface area (Å²) in [6.07, 6.45) is 1.57. The molecule has 1 heterocycles. The Labute approximate surface area is 120 Å². The van der Waals surface area contributed by atoms with Gasteiger partial charge in [0, 0.05) is 13.6 Å². The van der Waals surface area contributed by atoms with E-state index in [9.17, 15) is 13.2 Å². The van der Waals surface area contributed by atoms with Crippen LogP contribution in [0.1, 0.15) is 22.3 Å². The first-order valence-electron chi connectivity index (χ1n) is 6.51. The lowest BCUT2D eigenvalue weighted by molar-refractivity contribution is -0.124. The maximum Gasteiger partial charge on any atom is 0.238 e. The number of benzene rings is 1. The zero-order chi connectivity index (χ0) is 15.1. The molecule has 0 saturated heterocycles. The number of hydrogen-bond acceptors (Lipinski definition) is 3. The van der Waals surface area contributed by atoms with Crippen molar-refractivity contribution in [2.75, 3.05) is 13.3 Å². The molecule has 1 aromatic carbocycles. The van der Waals surface area contributed by atoms with Crippen molar-refractivity contribution in [1.29, 1.82) is 0 Å². The SMILES string of the molecule is CNC(=O)C1Cc2cc(C)c(C)cc2CN1S(C)(=O)=O. The molecule has 1 aromatic rings. The van der Waals surface area contributed by atoms with Gasteiger partial charge in [-0.25, -0.2) is 8.42 Å². The first-order chi connectivity index (χ1) is 9.24. The molecule has 1 aliphatic rings. The van der Waals surface area contributed by atoms with E-state index in [2.05, 4.69) is 11.4 Å². The van der Waals surface area contributed by atoms with Gasteiger partial charge in [-0.2, -0.15) is 4.31 Å². The number of nitrogens with zero attached hydrogens (tertiary/aromatic N) is 1. The summed E-state index contributed by atoms with van der Waals surface area (Å²) >= 11 is 0. The number of carbonyl (C=O) groups excluding carboxylic acids is 1. The van der Waals surface area contributed by atoms with Crippen molar-refractivity contribution < 1.29 is 13.2 Å². The third-order valence-corrected chi connectivity index (χ3v) is 5.11. The average Bonchev–Trinajstić information content (AvgIpc) is 2.37. The fourth-order valence-electron chi connectivity index (χ4n) is 2.60. The molecule has 1 unspecified atom stereocenters. The summed E-state index contributed by atoms with van der Waals surface area (Å²) in [6.45, 7) is 4.28. The summed E-state index contributed by atoms with van der Waals surface area (Å²) in [6, 6.07) is 3.41. The molecule has 0 saturated carbocycles. The van der Waals surface area contributed by atoms with Gasteiger partial charge in [-0.3, -0.25) is 4.79 Å². The molecule has 1 N–H and O–H groups in total. The molecule has 1 aliphatic heterocycles. The van der Waals surface area contributed by atoms with Gasteiger partial charge < -0.3 is 5.32 Å². The van der Waals surface area contributed by atoms with Crippen molar-refractivity contribution in [2.45, 2.75) is 32.9 Å². The summed E-state index contributed by atoms with van der Waals surface area (Å²) < 4.78 is 25.1. The summed E-state index contributed by atoms with van der Waals surface area (Å²) in [7, 11) is -1.90. The zero-order valence-corrected chi connectivity index (χ0v) is 13.0. The van der Waals surface area contributed by atoms with Crippen molar-refractivity contribution in [3.8, 4) is 0 Å². The summed E-state index contributed by atoms with van der Waals surface area (Å²) in [5.74, 6) is -0.265. The highest BCUT2D eigenvalue weighted by Crippen LogP contribution is 2.27. The Balaban J connectivity index is 2.50. The predicted octanol–water partition coefficient (Wildman–Crippen LogP) is 0.736. The van der Waals surface area contributed by atoms with Crippen LogP contribution in [0.25, 0.3) is 0 Å². The Morgan fingerprint density at radius 2 is 1.80 bits per heavy atom. The summed E-state index contributed by atoms with van der Waals surface area (Å²) in [5, 5.41) is 2.55. The number of aryl methyl sites for hydroxylation is 2. The number of hydrogen-bond donors (Lipinski definition) is 1. The monoisotopic (exact) mass is 296 g/mol. The van der Waals surface area contributed by atoms with Crippen LogP contribution in [0, 0.1) is 13.8 Å². The van der Waals surface area contributed by atoms with Crippen LogP contribution >= 0.6 is 0 Å². The number of amides is 1. The van der Waals surface area contributed by atoms with Crippen LogP contribution in [0.4, 0.5) is 0 Å². The van der Waals surface area contributed by atoms with Crippen molar-refractivity contribution in [1.82, 2.24) is 9.62 Å². The molecule has 5 nitrogen and oxygen atoms in total. The smallest absolute Gasteiger partial charge is 0.238 e. The Bertz CT molecular complexity index is 653.